The van der Waals surface area contributed by atoms with Crippen molar-refractivity contribution in [3.8, 4) is 0 Å². The molecule has 15 heavy (non-hydrogen) atoms. The molecule has 2 aliphatic heterocycles. The van der Waals surface area contributed by atoms with Crippen molar-refractivity contribution in [1.82, 2.24) is 0 Å². The SMILES string of the molecule is C/C1=C2\CCC(CC3OC3OC1O)C2C. The van der Waals surface area contributed by atoms with Crippen LogP contribution in [0.2, 0.25) is 0 Å². The van der Waals surface area contributed by atoms with E-state index < -0.39 is 6.29 Å². The molecule has 3 heteroatoms. The molecule has 5 atom stereocenters. The van der Waals surface area contributed by atoms with Gasteiger partial charge < -0.3 is 14.6 Å². The zero-order valence-corrected chi connectivity index (χ0v) is 9.27. The maximum atomic E-state index is 9.88. The second-order valence-corrected chi connectivity index (χ2v) is 5.06. The van der Waals surface area contributed by atoms with E-state index in [1.165, 1.54) is 12.0 Å². The first-order chi connectivity index (χ1) is 7.16. The number of aliphatic hydroxyl groups excluding tert-OH is 1. The maximum Gasteiger partial charge on any atom is 0.187 e. The van der Waals surface area contributed by atoms with Gasteiger partial charge in [-0.05, 0) is 43.6 Å². The first-order valence-electron chi connectivity index (χ1n) is 5.85. The molecule has 2 bridgehead atoms. The average Bonchev–Trinajstić information content (AvgIpc) is 2.82. The third kappa shape index (κ3) is 1.53. The Morgan fingerprint density at radius 3 is 2.93 bits per heavy atom. The van der Waals surface area contributed by atoms with Crippen LogP contribution in [0.15, 0.2) is 11.1 Å². The highest BCUT2D eigenvalue weighted by Gasteiger charge is 2.47. The van der Waals surface area contributed by atoms with E-state index in [0.717, 1.165) is 24.3 Å². The zero-order chi connectivity index (χ0) is 10.6. The predicted molar refractivity (Wildman–Crippen MR) is 55.0 cm³/mol. The van der Waals surface area contributed by atoms with Gasteiger partial charge in [0.25, 0.3) is 0 Å². The molecule has 2 heterocycles. The maximum absolute atomic E-state index is 9.88. The van der Waals surface area contributed by atoms with Crippen LogP contribution in [0, 0.1) is 11.8 Å². The molecule has 0 aromatic heterocycles. The minimum atomic E-state index is -0.755. The van der Waals surface area contributed by atoms with E-state index in [0.29, 0.717) is 5.92 Å². The van der Waals surface area contributed by atoms with E-state index in [9.17, 15) is 5.11 Å². The van der Waals surface area contributed by atoms with Crippen molar-refractivity contribution in [1.29, 1.82) is 0 Å². The molecule has 3 aliphatic rings. The number of aliphatic hydroxyl groups is 1. The highest BCUT2D eigenvalue weighted by atomic mass is 16.8. The van der Waals surface area contributed by atoms with Gasteiger partial charge in [0, 0.05) is 0 Å². The second-order valence-electron chi connectivity index (χ2n) is 5.06. The Labute approximate surface area is 90.1 Å². The largest absolute Gasteiger partial charge is 0.364 e. The summed E-state index contributed by atoms with van der Waals surface area (Å²) >= 11 is 0. The third-order valence-electron chi connectivity index (χ3n) is 4.25. The van der Waals surface area contributed by atoms with Gasteiger partial charge in [0.2, 0.25) is 0 Å². The van der Waals surface area contributed by atoms with E-state index in [-0.39, 0.29) is 12.4 Å². The Hall–Kier alpha value is -0.380. The third-order valence-corrected chi connectivity index (χ3v) is 4.25. The standard InChI is InChI=1S/C12H18O3/c1-6-8-3-4-9(6)7(2)11(13)15-12-10(5-8)14-12/h6,8,10-13H,3-5H2,1-2H3/b9-7-. The van der Waals surface area contributed by atoms with Crippen molar-refractivity contribution >= 4 is 0 Å². The second kappa shape index (κ2) is 3.30. The molecule has 1 aliphatic carbocycles. The molecule has 1 N–H and O–H groups in total. The highest BCUT2D eigenvalue weighted by Crippen LogP contribution is 2.46. The van der Waals surface area contributed by atoms with Crippen LogP contribution in [0.5, 0.6) is 0 Å². The van der Waals surface area contributed by atoms with Crippen LogP contribution in [0.25, 0.3) is 0 Å². The first kappa shape index (κ1) is 9.82. The Bertz CT molecular complexity index is 310. The molecule has 5 unspecified atom stereocenters. The summed E-state index contributed by atoms with van der Waals surface area (Å²) in [5.41, 5.74) is 2.43. The molecule has 2 fully saturated rings. The Morgan fingerprint density at radius 1 is 1.33 bits per heavy atom. The minimum absolute atomic E-state index is 0.151. The fraction of sp³-hybridized carbons (Fsp3) is 0.833. The zero-order valence-electron chi connectivity index (χ0n) is 9.27. The molecule has 0 aromatic rings. The summed E-state index contributed by atoms with van der Waals surface area (Å²) in [4.78, 5) is 0. The molecular formula is C12H18O3. The summed E-state index contributed by atoms with van der Waals surface area (Å²) in [6.45, 7) is 4.26. The van der Waals surface area contributed by atoms with Crippen LogP contribution >= 0.6 is 0 Å². The lowest BCUT2D eigenvalue weighted by Crippen LogP contribution is -2.17. The number of epoxide rings is 1. The van der Waals surface area contributed by atoms with Crippen molar-refractivity contribution in [2.24, 2.45) is 11.8 Å². The number of allylic oxidation sites excluding steroid dienone is 1. The monoisotopic (exact) mass is 210 g/mol. The molecule has 0 radical (unpaired) electrons. The van der Waals surface area contributed by atoms with E-state index >= 15 is 0 Å². The highest BCUT2D eigenvalue weighted by molar-refractivity contribution is 5.22. The number of hydrogen-bond acceptors (Lipinski definition) is 3. The van der Waals surface area contributed by atoms with Crippen LogP contribution in [0.3, 0.4) is 0 Å². The fourth-order valence-corrected chi connectivity index (χ4v) is 3.08. The van der Waals surface area contributed by atoms with Crippen molar-refractivity contribution in [2.45, 2.75) is 51.8 Å². The molecule has 3 nitrogen and oxygen atoms in total. The Morgan fingerprint density at radius 2 is 2.13 bits per heavy atom. The lowest BCUT2D eigenvalue weighted by Gasteiger charge is -2.17. The van der Waals surface area contributed by atoms with Crippen LogP contribution in [-0.4, -0.2) is 23.8 Å². The minimum Gasteiger partial charge on any atom is -0.364 e. The Kier molecular flexibility index (Phi) is 2.16. The summed E-state index contributed by atoms with van der Waals surface area (Å²) < 4.78 is 10.8. The van der Waals surface area contributed by atoms with E-state index in [1.54, 1.807) is 0 Å². The normalized spacial score (nSPS) is 54.2. The summed E-state index contributed by atoms with van der Waals surface area (Å²) in [6.07, 6.45) is 2.78. The van der Waals surface area contributed by atoms with Gasteiger partial charge >= 0.3 is 0 Å². The Balaban J connectivity index is 1.93. The topological polar surface area (TPSA) is 42.0 Å². The van der Waals surface area contributed by atoms with Gasteiger partial charge in [0.1, 0.15) is 6.10 Å². The van der Waals surface area contributed by atoms with Gasteiger partial charge in [-0.2, -0.15) is 0 Å². The number of fused-ring (bicyclic) bond motifs is 3. The lowest BCUT2D eigenvalue weighted by atomic mass is 9.90. The van der Waals surface area contributed by atoms with Gasteiger partial charge in [0.05, 0.1) is 0 Å². The molecule has 1 saturated heterocycles. The predicted octanol–water partition coefficient (Wildman–Crippen LogP) is 1.81. The van der Waals surface area contributed by atoms with Gasteiger partial charge in [-0.3, -0.25) is 0 Å². The molecular weight excluding hydrogens is 192 g/mol. The first-order valence-corrected chi connectivity index (χ1v) is 5.85. The number of ether oxygens (including phenoxy) is 2. The van der Waals surface area contributed by atoms with Crippen molar-refractivity contribution < 1.29 is 14.6 Å². The molecule has 0 amide bonds. The molecule has 3 rings (SSSR count). The molecule has 84 valence electrons. The summed E-state index contributed by atoms with van der Waals surface area (Å²) in [7, 11) is 0. The van der Waals surface area contributed by atoms with Gasteiger partial charge in [-0.1, -0.05) is 12.5 Å². The van der Waals surface area contributed by atoms with E-state index in [2.05, 4.69) is 6.92 Å². The smallest absolute Gasteiger partial charge is 0.187 e. The quantitative estimate of drug-likeness (QED) is 0.490. The average molecular weight is 210 g/mol. The van der Waals surface area contributed by atoms with Gasteiger partial charge in [-0.15, -0.1) is 0 Å². The molecule has 0 aromatic carbocycles. The van der Waals surface area contributed by atoms with Crippen molar-refractivity contribution in [3.05, 3.63) is 11.1 Å². The number of rotatable bonds is 0. The molecule has 0 spiro atoms. The summed E-state index contributed by atoms with van der Waals surface area (Å²) in [5, 5.41) is 9.88. The van der Waals surface area contributed by atoms with Gasteiger partial charge in [-0.25, -0.2) is 0 Å². The van der Waals surface area contributed by atoms with E-state index in [4.69, 9.17) is 9.47 Å². The number of hydrogen-bond donors (Lipinski definition) is 1. The van der Waals surface area contributed by atoms with Crippen molar-refractivity contribution in [2.75, 3.05) is 0 Å². The van der Waals surface area contributed by atoms with Crippen LogP contribution in [0.1, 0.15) is 33.1 Å². The van der Waals surface area contributed by atoms with Gasteiger partial charge in [0.15, 0.2) is 12.6 Å². The summed E-state index contributed by atoms with van der Waals surface area (Å²) in [6, 6.07) is 0. The van der Waals surface area contributed by atoms with Crippen molar-refractivity contribution in [3.63, 3.8) is 0 Å². The molecule has 1 saturated carbocycles. The summed E-state index contributed by atoms with van der Waals surface area (Å²) in [5.74, 6) is 1.31. The fourth-order valence-electron chi connectivity index (χ4n) is 3.08. The van der Waals surface area contributed by atoms with Crippen LogP contribution in [-0.2, 0) is 9.47 Å². The van der Waals surface area contributed by atoms with Crippen LogP contribution < -0.4 is 0 Å². The van der Waals surface area contributed by atoms with Crippen LogP contribution in [0.4, 0.5) is 0 Å². The lowest BCUT2D eigenvalue weighted by molar-refractivity contribution is -0.109. The van der Waals surface area contributed by atoms with E-state index in [1.807, 2.05) is 6.92 Å².